The van der Waals surface area contributed by atoms with Crippen molar-refractivity contribution in [2.75, 3.05) is 7.05 Å². The minimum Gasteiger partial charge on any atom is -0.508 e. The van der Waals surface area contributed by atoms with Crippen LogP contribution in [0.25, 0.3) is 10.8 Å². The van der Waals surface area contributed by atoms with Gasteiger partial charge >= 0.3 is 0 Å². The molecule has 0 aliphatic rings. The maximum Gasteiger partial charge on any atom is 0.116 e. The molecule has 24 heavy (non-hydrogen) atoms. The lowest BCUT2D eigenvalue weighted by Gasteiger charge is -2.27. The Bertz CT molecular complexity index is 840. The van der Waals surface area contributed by atoms with Crippen LogP contribution in [0.3, 0.4) is 0 Å². The van der Waals surface area contributed by atoms with Crippen LogP contribution >= 0.6 is 0 Å². The van der Waals surface area contributed by atoms with Gasteiger partial charge in [-0.05, 0) is 73.0 Å². The van der Waals surface area contributed by atoms with E-state index in [1.54, 1.807) is 0 Å². The zero-order valence-electron chi connectivity index (χ0n) is 14.9. The topological polar surface area (TPSA) is 23.5 Å². The van der Waals surface area contributed by atoms with Crippen LogP contribution < -0.4 is 0 Å². The predicted molar refractivity (Wildman–Crippen MR) is 101 cm³/mol. The molecule has 1 atom stereocenters. The Labute approximate surface area is 144 Å². The van der Waals surface area contributed by atoms with Gasteiger partial charge < -0.3 is 5.11 Å². The van der Waals surface area contributed by atoms with Crippen LogP contribution in [0.2, 0.25) is 0 Å². The second-order valence-electron chi connectivity index (χ2n) is 6.72. The van der Waals surface area contributed by atoms with E-state index in [0.29, 0.717) is 11.8 Å². The van der Waals surface area contributed by atoms with Crippen LogP contribution in [-0.4, -0.2) is 17.1 Å². The molecular formula is C22H25NO. The lowest BCUT2D eigenvalue weighted by atomic mass is 9.97. The average molecular weight is 319 g/mol. The van der Waals surface area contributed by atoms with Gasteiger partial charge in [0, 0.05) is 12.6 Å². The van der Waals surface area contributed by atoms with Gasteiger partial charge in [-0.1, -0.05) is 42.5 Å². The van der Waals surface area contributed by atoms with Gasteiger partial charge in [0.25, 0.3) is 0 Å². The molecule has 3 aromatic carbocycles. The molecule has 2 nitrogen and oxygen atoms in total. The molecule has 0 spiro atoms. The molecular weight excluding hydrogens is 294 g/mol. The highest BCUT2D eigenvalue weighted by atomic mass is 16.3. The number of fused-ring (bicyclic) bond motifs is 1. The molecule has 0 aromatic heterocycles. The van der Waals surface area contributed by atoms with Gasteiger partial charge in [0.2, 0.25) is 0 Å². The largest absolute Gasteiger partial charge is 0.508 e. The first-order valence-electron chi connectivity index (χ1n) is 8.44. The Morgan fingerprint density at radius 1 is 0.958 bits per heavy atom. The molecule has 0 unspecified atom stereocenters. The van der Waals surface area contributed by atoms with Gasteiger partial charge in [0.05, 0.1) is 0 Å². The highest BCUT2D eigenvalue weighted by molar-refractivity contribution is 5.86. The molecule has 1 N–H and O–H groups in total. The summed E-state index contributed by atoms with van der Waals surface area (Å²) in [6, 6.07) is 19.1. The standard InChI is InChI=1S/C22H25NO/c1-15-12-19(24)13-16(2)22(15)14-23(4)17(3)20-11-7-9-18-8-5-6-10-21(18)20/h5-13,17,24H,14H2,1-4H3/t17-/m1/s1. The minimum absolute atomic E-state index is 0.309. The van der Waals surface area contributed by atoms with Gasteiger partial charge in [-0.25, -0.2) is 0 Å². The van der Waals surface area contributed by atoms with Crippen LogP contribution in [-0.2, 0) is 6.54 Å². The average Bonchev–Trinajstić information content (AvgIpc) is 2.56. The number of rotatable bonds is 4. The number of aromatic hydroxyl groups is 1. The number of phenols is 1. The van der Waals surface area contributed by atoms with E-state index in [1.165, 1.54) is 21.9 Å². The maximum absolute atomic E-state index is 9.74. The van der Waals surface area contributed by atoms with Crippen molar-refractivity contribution in [2.45, 2.75) is 33.4 Å². The minimum atomic E-state index is 0.309. The summed E-state index contributed by atoms with van der Waals surface area (Å²) in [6.07, 6.45) is 0. The Kier molecular flexibility index (Phi) is 4.59. The molecule has 0 aliphatic carbocycles. The number of benzene rings is 3. The molecule has 0 fully saturated rings. The van der Waals surface area contributed by atoms with E-state index in [9.17, 15) is 5.11 Å². The van der Waals surface area contributed by atoms with Crippen molar-refractivity contribution in [1.82, 2.24) is 4.90 Å². The smallest absolute Gasteiger partial charge is 0.116 e. The molecule has 2 heteroatoms. The van der Waals surface area contributed by atoms with Crippen molar-refractivity contribution in [3.05, 3.63) is 76.9 Å². The maximum atomic E-state index is 9.74. The van der Waals surface area contributed by atoms with Crippen LogP contribution in [0.1, 0.15) is 35.2 Å². The van der Waals surface area contributed by atoms with Crippen molar-refractivity contribution < 1.29 is 5.11 Å². The summed E-state index contributed by atoms with van der Waals surface area (Å²) < 4.78 is 0. The van der Waals surface area contributed by atoms with Gasteiger partial charge in [0.1, 0.15) is 5.75 Å². The zero-order chi connectivity index (χ0) is 17.3. The quantitative estimate of drug-likeness (QED) is 0.700. The number of phenolic OH excluding ortho intramolecular Hbond substituents is 1. The van der Waals surface area contributed by atoms with Crippen LogP contribution in [0.5, 0.6) is 5.75 Å². The Morgan fingerprint density at radius 3 is 2.29 bits per heavy atom. The normalized spacial score (nSPS) is 12.7. The highest BCUT2D eigenvalue weighted by Gasteiger charge is 2.16. The number of nitrogens with zero attached hydrogens (tertiary/aromatic N) is 1. The third-order valence-electron chi connectivity index (χ3n) is 5.02. The third-order valence-corrected chi connectivity index (χ3v) is 5.02. The van der Waals surface area contributed by atoms with Crippen molar-refractivity contribution >= 4 is 10.8 Å². The Morgan fingerprint density at radius 2 is 1.58 bits per heavy atom. The van der Waals surface area contributed by atoms with Crippen molar-refractivity contribution in [3.8, 4) is 5.75 Å². The SMILES string of the molecule is Cc1cc(O)cc(C)c1CN(C)[C@H](C)c1cccc2ccccc12. The van der Waals surface area contributed by atoms with E-state index in [0.717, 1.165) is 17.7 Å². The molecule has 0 heterocycles. The number of hydrogen-bond donors (Lipinski definition) is 1. The van der Waals surface area contributed by atoms with Crippen LogP contribution in [0.15, 0.2) is 54.6 Å². The molecule has 3 aromatic rings. The summed E-state index contributed by atoms with van der Waals surface area (Å²) in [5, 5.41) is 12.3. The van der Waals surface area contributed by atoms with Gasteiger partial charge in [-0.3, -0.25) is 4.90 Å². The van der Waals surface area contributed by atoms with Crippen molar-refractivity contribution in [1.29, 1.82) is 0 Å². The first-order chi connectivity index (χ1) is 11.5. The summed E-state index contributed by atoms with van der Waals surface area (Å²) in [4.78, 5) is 2.37. The third kappa shape index (κ3) is 3.15. The van der Waals surface area contributed by atoms with Gasteiger partial charge in [-0.15, -0.1) is 0 Å². The monoisotopic (exact) mass is 319 g/mol. The Balaban J connectivity index is 1.91. The second-order valence-corrected chi connectivity index (χ2v) is 6.72. The molecule has 0 saturated heterocycles. The fourth-order valence-electron chi connectivity index (χ4n) is 3.46. The number of aryl methyl sites for hydroxylation is 2. The summed E-state index contributed by atoms with van der Waals surface area (Å²) >= 11 is 0. The van der Waals surface area contributed by atoms with Gasteiger partial charge in [0.15, 0.2) is 0 Å². The fourth-order valence-corrected chi connectivity index (χ4v) is 3.46. The van der Waals surface area contributed by atoms with Gasteiger partial charge in [-0.2, -0.15) is 0 Å². The number of hydrogen-bond acceptors (Lipinski definition) is 2. The van der Waals surface area contributed by atoms with E-state index >= 15 is 0 Å². The summed E-state index contributed by atoms with van der Waals surface area (Å²) in [5.74, 6) is 0.346. The van der Waals surface area contributed by atoms with E-state index in [-0.39, 0.29) is 0 Å². The van der Waals surface area contributed by atoms with E-state index in [2.05, 4.69) is 75.2 Å². The molecule has 0 radical (unpaired) electrons. The van der Waals surface area contributed by atoms with Crippen LogP contribution in [0, 0.1) is 13.8 Å². The summed E-state index contributed by atoms with van der Waals surface area (Å²) in [6.45, 7) is 7.26. The fraction of sp³-hybridized carbons (Fsp3) is 0.273. The zero-order valence-corrected chi connectivity index (χ0v) is 14.9. The molecule has 0 bridgehead atoms. The van der Waals surface area contributed by atoms with Crippen molar-refractivity contribution in [2.24, 2.45) is 0 Å². The first-order valence-corrected chi connectivity index (χ1v) is 8.44. The summed E-state index contributed by atoms with van der Waals surface area (Å²) in [5.41, 5.74) is 4.93. The van der Waals surface area contributed by atoms with E-state index < -0.39 is 0 Å². The molecule has 3 rings (SSSR count). The summed E-state index contributed by atoms with van der Waals surface area (Å²) in [7, 11) is 2.16. The van der Waals surface area contributed by atoms with Crippen LogP contribution in [0.4, 0.5) is 0 Å². The van der Waals surface area contributed by atoms with E-state index in [4.69, 9.17) is 0 Å². The molecule has 0 amide bonds. The van der Waals surface area contributed by atoms with E-state index in [1.807, 2.05) is 12.1 Å². The molecule has 0 saturated carbocycles. The molecule has 0 aliphatic heterocycles. The Hall–Kier alpha value is -2.32. The lowest BCUT2D eigenvalue weighted by molar-refractivity contribution is 0.253. The molecule has 124 valence electrons. The second kappa shape index (κ2) is 6.66. The predicted octanol–water partition coefficient (Wildman–Crippen LogP) is 5.36. The van der Waals surface area contributed by atoms with Crippen molar-refractivity contribution in [3.63, 3.8) is 0 Å². The first kappa shape index (κ1) is 16.5. The lowest BCUT2D eigenvalue weighted by Crippen LogP contribution is -2.23. The highest BCUT2D eigenvalue weighted by Crippen LogP contribution is 2.30.